The van der Waals surface area contributed by atoms with E-state index in [1.807, 2.05) is 54.6 Å². The van der Waals surface area contributed by atoms with Gasteiger partial charge in [0.15, 0.2) is 17.4 Å². The van der Waals surface area contributed by atoms with Crippen LogP contribution in [0.1, 0.15) is 55.6 Å². The van der Waals surface area contributed by atoms with Crippen LogP contribution in [0.4, 0.5) is 10.5 Å². The van der Waals surface area contributed by atoms with Crippen LogP contribution in [-0.2, 0) is 10.2 Å². The second kappa shape index (κ2) is 10.7. The topological polar surface area (TPSA) is 90.4 Å². The van der Waals surface area contributed by atoms with Gasteiger partial charge in [-0.3, -0.25) is 10.1 Å². The molecule has 0 unspecified atom stereocenters. The predicted molar refractivity (Wildman–Crippen MR) is 164 cm³/mol. The summed E-state index contributed by atoms with van der Waals surface area (Å²) in [5, 5.41) is 3.44. The van der Waals surface area contributed by atoms with Crippen LogP contribution in [0.2, 0.25) is 0 Å². The molecule has 0 saturated carbocycles. The molecule has 210 valence electrons. The lowest BCUT2D eigenvalue weighted by Crippen LogP contribution is -2.15. The fraction of sp³-hybridized carbons (Fsp3) is 0.200. The highest BCUT2D eigenvalue weighted by molar-refractivity contribution is 6.25. The fourth-order valence-electron chi connectivity index (χ4n) is 5.20. The van der Waals surface area contributed by atoms with Gasteiger partial charge in [0.1, 0.15) is 11.3 Å². The van der Waals surface area contributed by atoms with Crippen molar-refractivity contribution in [3.63, 3.8) is 0 Å². The number of ether oxygens (including phenoxy) is 2. The van der Waals surface area contributed by atoms with Gasteiger partial charge < -0.3 is 9.47 Å². The Labute approximate surface area is 244 Å². The molecule has 0 atom stereocenters. The first-order chi connectivity index (χ1) is 20.3. The molecule has 1 aliphatic rings. The van der Waals surface area contributed by atoms with Crippen LogP contribution in [0.3, 0.4) is 0 Å². The van der Waals surface area contributed by atoms with Crippen molar-refractivity contribution < 1.29 is 19.1 Å². The SMILES string of the molecule is CCOC(=O)Nc1ccccc1-c1nc2c3c(ccc(Oc4ccc(C(C)(C)CC)cc4)c3n1)C(=O)c1ccccc1-2. The van der Waals surface area contributed by atoms with Crippen molar-refractivity contribution in [2.75, 3.05) is 11.9 Å². The number of rotatable bonds is 7. The minimum absolute atomic E-state index is 0.0552. The van der Waals surface area contributed by atoms with E-state index in [1.165, 1.54) is 5.56 Å². The standard InChI is InChI=1S/C35H31N3O4/c1-5-35(3,4)21-15-17-22(18-16-21)42-28-20-19-26-29-30(23-11-7-8-12-24(23)32(26)39)37-33(38-31(28)29)25-13-9-10-14-27(25)36-34(40)41-6-2/h7-20H,5-6H2,1-4H3,(H,36,40). The number of benzene rings is 4. The monoisotopic (exact) mass is 557 g/mol. The first kappa shape index (κ1) is 27.1. The van der Waals surface area contributed by atoms with Gasteiger partial charge in [0.05, 0.1) is 18.0 Å². The number of ketones is 1. The highest BCUT2D eigenvalue weighted by Gasteiger charge is 2.29. The number of hydrogen-bond acceptors (Lipinski definition) is 6. The first-order valence-electron chi connectivity index (χ1n) is 14.1. The summed E-state index contributed by atoms with van der Waals surface area (Å²) < 4.78 is 11.5. The van der Waals surface area contributed by atoms with Crippen molar-refractivity contribution in [1.29, 1.82) is 0 Å². The summed E-state index contributed by atoms with van der Waals surface area (Å²) in [4.78, 5) is 35.8. The van der Waals surface area contributed by atoms with E-state index in [2.05, 4.69) is 38.2 Å². The average molecular weight is 558 g/mol. The molecule has 1 amide bonds. The van der Waals surface area contributed by atoms with Gasteiger partial charge in [0.2, 0.25) is 0 Å². The van der Waals surface area contributed by atoms with Gasteiger partial charge in [-0.15, -0.1) is 0 Å². The molecule has 0 radical (unpaired) electrons. The zero-order chi connectivity index (χ0) is 29.4. The zero-order valence-electron chi connectivity index (χ0n) is 24.0. The number of nitrogens with one attached hydrogen (secondary N) is 1. The van der Waals surface area contributed by atoms with Gasteiger partial charge in [0.25, 0.3) is 0 Å². The minimum atomic E-state index is -0.566. The minimum Gasteiger partial charge on any atom is -0.455 e. The maximum absolute atomic E-state index is 13.6. The normalized spacial score (nSPS) is 12.1. The van der Waals surface area contributed by atoms with E-state index in [9.17, 15) is 9.59 Å². The van der Waals surface area contributed by atoms with E-state index >= 15 is 0 Å². The molecule has 1 aliphatic carbocycles. The third kappa shape index (κ3) is 4.77. The molecule has 0 bridgehead atoms. The number of fused-ring (bicyclic) bond motifs is 2. The molecule has 0 spiro atoms. The molecule has 1 heterocycles. The summed E-state index contributed by atoms with van der Waals surface area (Å²) in [7, 11) is 0. The Morgan fingerprint density at radius 1 is 0.810 bits per heavy atom. The largest absolute Gasteiger partial charge is 0.455 e. The molecule has 1 N–H and O–H groups in total. The van der Waals surface area contributed by atoms with E-state index < -0.39 is 6.09 Å². The molecule has 5 aromatic rings. The van der Waals surface area contributed by atoms with Gasteiger partial charge in [-0.25, -0.2) is 14.8 Å². The quantitative estimate of drug-likeness (QED) is 0.211. The van der Waals surface area contributed by atoms with Crippen LogP contribution in [0, 0.1) is 0 Å². The average Bonchev–Trinajstić information content (AvgIpc) is 3.01. The van der Waals surface area contributed by atoms with Crippen LogP contribution >= 0.6 is 0 Å². The van der Waals surface area contributed by atoms with Crippen molar-refractivity contribution in [2.45, 2.75) is 39.5 Å². The Hall–Kier alpha value is -5.04. The molecule has 42 heavy (non-hydrogen) atoms. The first-order valence-corrected chi connectivity index (χ1v) is 14.1. The summed E-state index contributed by atoms with van der Waals surface area (Å²) in [6, 6.07) is 26.4. The number of para-hydroxylation sites is 1. The molecule has 7 nitrogen and oxygen atoms in total. The number of nitrogens with zero attached hydrogens (tertiary/aromatic N) is 2. The van der Waals surface area contributed by atoms with Crippen LogP contribution in [0.25, 0.3) is 33.5 Å². The maximum atomic E-state index is 13.6. The van der Waals surface area contributed by atoms with E-state index in [4.69, 9.17) is 19.4 Å². The Balaban J connectivity index is 1.54. The van der Waals surface area contributed by atoms with Crippen LogP contribution < -0.4 is 10.1 Å². The lowest BCUT2D eigenvalue weighted by Gasteiger charge is -2.23. The molecule has 0 aliphatic heterocycles. The Morgan fingerprint density at radius 2 is 1.50 bits per heavy atom. The number of carbonyl (C=O) groups is 2. The molecule has 0 fully saturated rings. The third-order valence-electron chi connectivity index (χ3n) is 7.91. The molecular weight excluding hydrogens is 526 g/mol. The Kier molecular flexibility index (Phi) is 6.94. The molecule has 1 aromatic heterocycles. The van der Waals surface area contributed by atoms with E-state index in [-0.39, 0.29) is 17.8 Å². The lowest BCUT2D eigenvalue weighted by molar-refractivity contribution is 0.104. The molecule has 4 aromatic carbocycles. The van der Waals surface area contributed by atoms with Crippen LogP contribution in [0.15, 0.2) is 84.9 Å². The summed E-state index contributed by atoms with van der Waals surface area (Å²) in [6.45, 7) is 8.61. The Bertz CT molecular complexity index is 1840. The van der Waals surface area contributed by atoms with E-state index in [1.54, 1.807) is 25.1 Å². The van der Waals surface area contributed by atoms with Crippen LogP contribution in [0.5, 0.6) is 11.5 Å². The van der Waals surface area contributed by atoms with Gasteiger partial charge >= 0.3 is 6.09 Å². The highest BCUT2D eigenvalue weighted by atomic mass is 16.5. The maximum Gasteiger partial charge on any atom is 0.411 e. The number of anilines is 1. The van der Waals surface area contributed by atoms with Crippen LogP contribution in [-0.4, -0.2) is 28.5 Å². The second-order valence-corrected chi connectivity index (χ2v) is 10.9. The van der Waals surface area contributed by atoms with Crippen molar-refractivity contribution in [2.24, 2.45) is 0 Å². The lowest BCUT2D eigenvalue weighted by atomic mass is 9.82. The van der Waals surface area contributed by atoms with Gasteiger partial charge in [-0.1, -0.05) is 69.3 Å². The van der Waals surface area contributed by atoms with Gasteiger partial charge in [0, 0.05) is 27.6 Å². The highest BCUT2D eigenvalue weighted by Crippen LogP contribution is 2.43. The number of hydrogen-bond donors (Lipinski definition) is 1. The van der Waals surface area contributed by atoms with E-state index in [0.717, 1.165) is 12.0 Å². The summed E-state index contributed by atoms with van der Waals surface area (Å²) in [5.41, 5.74) is 5.38. The molecule has 0 saturated heterocycles. The van der Waals surface area contributed by atoms with E-state index in [0.29, 0.717) is 56.3 Å². The van der Waals surface area contributed by atoms with Crippen molar-refractivity contribution in [1.82, 2.24) is 9.97 Å². The van der Waals surface area contributed by atoms with Crippen molar-refractivity contribution in [3.05, 3.63) is 102 Å². The predicted octanol–water partition coefficient (Wildman–Crippen LogP) is 8.56. The van der Waals surface area contributed by atoms with Gasteiger partial charge in [-0.05, 0) is 60.7 Å². The molecule has 7 heteroatoms. The summed E-state index contributed by atoms with van der Waals surface area (Å²) in [5.74, 6) is 1.47. The smallest absolute Gasteiger partial charge is 0.411 e. The number of amides is 1. The molecule has 6 rings (SSSR count). The van der Waals surface area contributed by atoms with Gasteiger partial charge in [-0.2, -0.15) is 0 Å². The number of carbonyl (C=O) groups excluding carboxylic acids is 2. The second-order valence-electron chi connectivity index (χ2n) is 10.9. The third-order valence-corrected chi connectivity index (χ3v) is 7.91. The van der Waals surface area contributed by atoms with Crippen molar-refractivity contribution in [3.8, 4) is 34.1 Å². The molecular formula is C35H31N3O4. The summed E-state index contributed by atoms with van der Waals surface area (Å²) >= 11 is 0. The Morgan fingerprint density at radius 3 is 2.21 bits per heavy atom. The van der Waals surface area contributed by atoms with Crippen molar-refractivity contribution >= 4 is 28.5 Å². The zero-order valence-corrected chi connectivity index (χ0v) is 24.0. The summed E-state index contributed by atoms with van der Waals surface area (Å²) in [6.07, 6.45) is 0.452. The fourth-order valence-corrected chi connectivity index (χ4v) is 5.20. The number of aromatic nitrogens is 2.